The highest BCUT2D eigenvalue weighted by atomic mass is 32.2. The summed E-state index contributed by atoms with van der Waals surface area (Å²) in [6.07, 6.45) is 0. The molecule has 0 fully saturated rings. The molecular formula is C19H21N5O5S. The van der Waals surface area contributed by atoms with E-state index in [9.17, 15) is 4.79 Å². The maximum absolute atomic E-state index is 12.5. The van der Waals surface area contributed by atoms with Crippen molar-refractivity contribution in [1.29, 1.82) is 0 Å². The first-order chi connectivity index (χ1) is 14.6. The maximum Gasteiger partial charge on any atom is 0.234 e. The molecule has 3 rings (SSSR count). The van der Waals surface area contributed by atoms with Crippen LogP contribution < -0.4 is 24.3 Å². The van der Waals surface area contributed by atoms with Crippen LogP contribution in [-0.2, 0) is 4.79 Å². The van der Waals surface area contributed by atoms with Crippen LogP contribution in [0.5, 0.6) is 23.0 Å². The van der Waals surface area contributed by atoms with Crippen LogP contribution in [0.4, 0.5) is 5.69 Å². The van der Waals surface area contributed by atoms with Gasteiger partial charge in [-0.2, -0.15) is 4.68 Å². The van der Waals surface area contributed by atoms with Gasteiger partial charge in [0.1, 0.15) is 28.7 Å². The molecule has 1 amide bonds. The van der Waals surface area contributed by atoms with Gasteiger partial charge < -0.3 is 24.3 Å². The number of ether oxygens (including phenoxy) is 4. The molecular weight excluding hydrogens is 410 g/mol. The third kappa shape index (κ3) is 4.74. The summed E-state index contributed by atoms with van der Waals surface area (Å²) in [5.74, 6) is 2.15. The molecule has 0 atom stereocenters. The first kappa shape index (κ1) is 21.2. The number of carbonyl (C=O) groups is 1. The summed E-state index contributed by atoms with van der Waals surface area (Å²) in [7, 11) is 6.20. The van der Waals surface area contributed by atoms with E-state index >= 15 is 0 Å². The van der Waals surface area contributed by atoms with Gasteiger partial charge in [-0.15, -0.1) is 5.10 Å². The van der Waals surface area contributed by atoms with Crippen LogP contribution in [0.25, 0.3) is 5.69 Å². The summed E-state index contributed by atoms with van der Waals surface area (Å²) < 4.78 is 22.6. The summed E-state index contributed by atoms with van der Waals surface area (Å²) in [5, 5.41) is 15.0. The lowest BCUT2D eigenvalue weighted by atomic mass is 10.2. The molecule has 1 N–H and O–H groups in total. The molecule has 30 heavy (non-hydrogen) atoms. The number of carbonyl (C=O) groups excluding carboxylic acids is 1. The maximum atomic E-state index is 12.5. The molecule has 0 aliphatic carbocycles. The van der Waals surface area contributed by atoms with Crippen molar-refractivity contribution in [3.05, 3.63) is 36.4 Å². The Bertz CT molecular complexity index is 1030. The second-order valence-corrected chi connectivity index (χ2v) is 6.76. The Morgan fingerprint density at radius 1 is 0.967 bits per heavy atom. The van der Waals surface area contributed by atoms with E-state index in [1.165, 1.54) is 23.6 Å². The lowest BCUT2D eigenvalue weighted by molar-refractivity contribution is -0.113. The normalized spacial score (nSPS) is 10.4. The molecule has 0 saturated heterocycles. The molecule has 1 aromatic heterocycles. The Morgan fingerprint density at radius 3 is 2.37 bits per heavy atom. The van der Waals surface area contributed by atoms with Crippen molar-refractivity contribution in [3.8, 4) is 28.7 Å². The Balaban J connectivity index is 1.73. The average Bonchev–Trinajstić information content (AvgIpc) is 3.25. The number of hydrogen-bond donors (Lipinski definition) is 1. The highest BCUT2D eigenvalue weighted by molar-refractivity contribution is 7.99. The molecule has 0 radical (unpaired) electrons. The first-order valence-corrected chi connectivity index (χ1v) is 9.73. The highest BCUT2D eigenvalue weighted by Gasteiger charge is 2.16. The van der Waals surface area contributed by atoms with Crippen molar-refractivity contribution in [2.24, 2.45) is 0 Å². The summed E-state index contributed by atoms with van der Waals surface area (Å²) in [4.78, 5) is 12.5. The van der Waals surface area contributed by atoms with Crippen molar-refractivity contribution < 1.29 is 23.7 Å². The lowest BCUT2D eigenvalue weighted by Crippen LogP contribution is -2.15. The number of hydrogen-bond acceptors (Lipinski definition) is 9. The van der Waals surface area contributed by atoms with Crippen LogP contribution in [-0.4, -0.2) is 60.3 Å². The van der Waals surface area contributed by atoms with Gasteiger partial charge in [-0.1, -0.05) is 11.8 Å². The fourth-order valence-electron chi connectivity index (χ4n) is 2.61. The number of anilines is 1. The molecule has 0 aliphatic rings. The van der Waals surface area contributed by atoms with Crippen LogP contribution in [0.1, 0.15) is 0 Å². The Kier molecular flexibility index (Phi) is 6.96. The van der Waals surface area contributed by atoms with Crippen molar-refractivity contribution in [2.75, 3.05) is 39.5 Å². The second kappa shape index (κ2) is 9.83. The van der Waals surface area contributed by atoms with Crippen LogP contribution in [0.3, 0.4) is 0 Å². The molecule has 2 aromatic carbocycles. The molecule has 0 aliphatic heterocycles. The summed E-state index contributed by atoms with van der Waals surface area (Å²) in [6, 6.07) is 10.4. The van der Waals surface area contributed by atoms with Gasteiger partial charge in [0.15, 0.2) is 0 Å². The number of nitrogens with zero attached hydrogens (tertiary/aromatic N) is 4. The first-order valence-electron chi connectivity index (χ1n) is 8.75. The van der Waals surface area contributed by atoms with E-state index in [4.69, 9.17) is 18.9 Å². The number of tetrazole rings is 1. The number of rotatable bonds is 9. The summed E-state index contributed by atoms with van der Waals surface area (Å²) in [6.45, 7) is 0. The van der Waals surface area contributed by atoms with Gasteiger partial charge in [0.05, 0.1) is 39.9 Å². The molecule has 10 nitrogen and oxygen atoms in total. The van der Waals surface area contributed by atoms with E-state index in [-0.39, 0.29) is 11.7 Å². The predicted molar refractivity (Wildman–Crippen MR) is 111 cm³/mol. The van der Waals surface area contributed by atoms with Crippen LogP contribution in [0, 0.1) is 0 Å². The summed E-state index contributed by atoms with van der Waals surface area (Å²) >= 11 is 1.18. The Morgan fingerprint density at radius 2 is 1.67 bits per heavy atom. The van der Waals surface area contributed by atoms with E-state index in [1.54, 1.807) is 57.7 Å². The minimum atomic E-state index is -0.247. The lowest BCUT2D eigenvalue weighted by Gasteiger charge is -2.12. The SMILES string of the molecule is COc1ccc(OC)c(NC(=O)CSc2nnnn2-c2ccc(OC)cc2OC)c1. The Hall–Kier alpha value is -3.47. The van der Waals surface area contributed by atoms with Crippen molar-refractivity contribution >= 4 is 23.4 Å². The minimum Gasteiger partial charge on any atom is -0.497 e. The number of methoxy groups -OCH3 is 4. The zero-order valence-corrected chi connectivity index (χ0v) is 17.7. The fraction of sp³-hybridized carbons (Fsp3) is 0.263. The van der Waals surface area contributed by atoms with Gasteiger partial charge in [0.25, 0.3) is 0 Å². The quantitative estimate of drug-likeness (QED) is 0.511. The van der Waals surface area contributed by atoms with Gasteiger partial charge in [-0.05, 0) is 34.7 Å². The number of aromatic nitrogens is 4. The van der Waals surface area contributed by atoms with Crippen molar-refractivity contribution in [3.63, 3.8) is 0 Å². The highest BCUT2D eigenvalue weighted by Crippen LogP contribution is 2.31. The van der Waals surface area contributed by atoms with E-state index in [2.05, 4.69) is 20.8 Å². The van der Waals surface area contributed by atoms with E-state index in [0.29, 0.717) is 39.5 Å². The molecule has 0 saturated carbocycles. The van der Waals surface area contributed by atoms with Gasteiger partial charge in [0.2, 0.25) is 11.1 Å². The second-order valence-electron chi connectivity index (χ2n) is 5.81. The predicted octanol–water partition coefficient (Wildman–Crippen LogP) is 2.43. The topological polar surface area (TPSA) is 110 Å². The van der Waals surface area contributed by atoms with Crippen LogP contribution >= 0.6 is 11.8 Å². The van der Waals surface area contributed by atoms with E-state index < -0.39 is 0 Å². The van der Waals surface area contributed by atoms with E-state index in [0.717, 1.165) is 0 Å². The molecule has 0 spiro atoms. The summed E-state index contributed by atoms with van der Waals surface area (Å²) in [5.41, 5.74) is 1.14. The van der Waals surface area contributed by atoms with Crippen LogP contribution in [0.2, 0.25) is 0 Å². The third-order valence-corrected chi connectivity index (χ3v) is 4.99. The third-order valence-electron chi connectivity index (χ3n) is 4.07. The van der Waals surface area contributed by atoms with Gasteiger partial charge in [-0.3, -0.25) is 4.79 Å². The van der Waals surface area contributed by atoms with Crippen LogP contribution in [0.15, 0.2) is 41.6 Å². The van der Waals surface area contributed by atoms with Crippen molar-refractivity contribution in [1.82, 2.24) is 20.2 Å². The molecule has 11 heteroatoms. The number of nitrogens with one attached hydrogen (secondary N) is 1. The van der Waals surface area contributed by atoms with Crippen molar-refractivity contribution in [2.45, 2.75) is 5.16 Å². The average molecular weight is 431 g/mol. The van der Waals surface area contributed by atoms with Gasteiger partial charge >= 0.3 is 0 Å². The zero-order chi connectivity index (χ0) is 21.5. The van der Waals surface area contributed by atoms with Gasteiger partial charge in [-0.25, -0.2) is 0 Å². The number of thioether (sulfide) groups is 1. The minimum absolute atomic E-state index is 0.0825. The fourth-order valence-corrected chi connectivity index (χ4v) is 3.29. The Labute approximate surface area is 177 Å². The molecule has 0 bridgehead atoms. The molecule has 3 aromatic rings. The zero-order valence-electron chi connectivity index (χ0n) is 16.9. The molecule has 1 heterocycles. The van der Waals surface area contributed by atoms with Gasteiger partial charge in [0, 0.05) is 12.1 Å². The largest absolute Gasteiger partial charge is 0.497 e. The standard InChI is InChI=1S/C19H21N5O5S/c1-26-12-6-8-16(28-3)14(9-12)20-18(25)11-30-19-21-22-23-24(19)15-7-5-13(27-2)10-17(15)29-4/h5-10H,11H2,1-4H3,(H,20,25). The smallest absolute Gasteiger partial charge is 0.234 e. The number of amides is 1. The number of benzene rings is 2. The monoisotopic (exact) mass is 431 g/mol. The molecule has 158 valence electrons. The van der Waals surface area contributed by atoms with E-state index in [1.807, 2.05) is 0 Å². The molecule has 0 unspecified atom stereocenters.